The molecule has 1 aromatic carbocycles. The van der Waals surface area contributed by atoms with Crippen molar-refractivity contribution in [3.8, 4) is 0 Å². The highest BCUT2D eigenvalue weighted by atomic mass is 19.4. The molecule has 0 unspecified atom stereocenters. The van der Waals surface area contributed by atoms with Gasteiger partial charge in [0.25, 0.3) is 5.91 Å². The van der Waals surface area contributed by atoms with Gasteiger partial charge in [0.15, 0.2) is 0 Å². The zero-order valence-electron chi connectivity index (χ0n) is 12.0. The molecular formula is C16H15F3N2O. The summed E-state index contributed by atoms with van der Waals surface area (Å²) >= 11 is 0. The minimum absolute atomic E-state index is 0.233. The summed E-state index contributed by atoms with van der Waals surface area (Å²) in [6.45, 7) is 0.441. The van der Waals surface area contributed by atoms with E-state index in [9.17, 15) is 18.0 Å². The van der Waals surface area contributed by atoms with Gasteiger partial charge in [-0.2, -0.15) is 13.2 Å². The predicted molar refractivity (Wildman–Crippen MR) is 76.3 cm³/mol. The van der Waals surface area contributed by atoms with Crippen LogP contribution in [0.4, 0.5) is 13.2 Å². The Morgan fingerprint density at radius 3 is 2.36 bits per heavy atom. The Balaban J connectivity index is 1.98. The Kier molecular flexibility index (Phi) is 4.80. The quantitative estimate of drug-likeness (QED) is 0.867. The fourth-order valence-corrected chi connectivity index (χ4v) is 1.95. The lowest BCUT2D eigenvalue weighted by Crippen LogP contribution is -2.29. The topological polar surface area (TPSA) is 33.2 Å². The molecule has 0 bridgehead atoms. The van der Waals surface area contributed by atoms with Gasteiger partial charge in [-0.1, -0.05) is 6.07 Å². The number of carbonyl (C=O) groups excluding carboxylic acids is 1. The zero-order valence-corrected chi connectivity index (χ0v) is 12.0. The molecule has 0 aliphatic rings. The molecule has 0 saturated heterocycles. The summed E-state index contributed by atoms with van der Waals surface area (Å²) in [5.74, 6) is -0.315. The third-order valence-corrected chi connectivity index (χ3v) is 3.24. The molecule has 0 radical (unpaired) electrons. The molecule has 0 N–H and O–H groups in total. The second kappa shape index (κ2) is 6.60. The highest BCUT2D eigenvalue weighted by Gasteiger charge is 2.30. The molecule has 0 fully saturated rings. The first kappa shape index (κ1) is 16.0. The van der Waals surface area contributed by atoms with Crippen molar-refractivity contribution in [2.45, 2.75) is 12.6 Å². The summed E-state index contributed by atoms with van der Waals surface area (Å²) in [5.41, 5.74) is 0.325. The largest absolute Gasteiger partial charge is 0.416 e. The Morgan fingerprint density at radius 1 is 1.14 bits per heavy atom. The SMILES string of the molecule is CN(CCc1ccccn1)C(=O)c1ccc(C(F)(F)F)cc1. The molecule has 2 aromatic rings. The molecule has 3 nitrogen and oxygen atoms in total. The Hall–Kier alpha value is -2.37. The molecule has 1 heterocycles. The van der Waals surface area contributed by atoms with Crippen molar-refractivity contribution in [3.63, 3.8) is 0 Å². The summed E-state index contributed by atoms with van der Waals surface area (Å²) in [6.07, 6.45) is -2.14. The van der Waals surface area contributed by atoms with E-state index in [2.05, 4.69) is 4.98 Å². The van der Waals surface area contributed by atoms with Gasteiger partial charge < -0.3 is 4.90 Å². The van der Waals surface area contributed by atoms with Crippen LogP contribution in [0.2, 0.25) is 0 Å². The molecule has 1 amide bonds. The van der Waals surface area contributed by atoms with Crippen LogP contribution in [0.15, 0.2) is 48.7 Å². The molecule has 0 saturated carbocycles. The maximum atomic E-state index is 12.5. The van der Waals surface area contributed by atoms with Crippen molar-refractivity contribution < 1.29 is 18.0 Å². The van der Waals surface area contributed by atoms with E-state index >= 15 is 0 Å². The molecule has 1 aromatic heterocycles. The summed E-state index contributed by atoms with van der Waals surface area (Å²) in [5, 5.41) is 0. The minimum Gasteiger partial charge on any atom is -0.341 e. The van der Waals surface area contributed by atoms with Crippen LogP contribution in [0.1, 0.15) is 21.6 Å². The Bertz CT molecular complexity index is 624. The van der Waals surface area contributed by atoms with Gasteiger partial charge in [0.05, 0.1) is 5.56 Å². The van der Waals surface area contributed by atoms with E-state index < -0.39 is 11.7 Å². The maximum absolute atomic E-state index is 12.5. The number of carbonyl (C=O) groups is 1. The number of hydrogen-bond donors (Lipinski definition) is 0. The lowest BCUT2D eigenvalue weighted by molar-refractivity contribution is -0.137. The summed E-state index contributed by atoms with van der Waals surface area (Å²) < 4.78 is 37.5. The van der Waals surface area contributed by atoms with E-state index in [-0.39, 0.29) is 11.5 Å². The maximum Gasteiger partial charge on any atom is 0.416 e. The number of halogens is 3. The van der Waals surface area contributed by atoms with Gasteiger partial charge in [-0.15, -0.1) is 0 Å². The van der Waals surface area contributed by atoms with Crippen molar-refractivity contribution in [1.82, 2.24) is 9.88 Å². The van der Waals surface area contributed by atoms with Crippen molar-refractivity contribution in [2.75, 3.05) is 13.6 Å². The van der Waals surface area contributed by atoms with Gasteiger partial charge in [-0.05, 0) is 36.4 Å². The third-order valence-electron chi connectivity index (χ3n) is 3.24. The number of nitrogens with zero attached hydrogens (tertiary/aromatic N) is 2. The normalized spacial score (nSPS) is 11.3. The predicted octanol–water partition coefficient (Wildman–Crippen LogP) is 3.42. The Morgan fingerprint density at radius 2 is 1.82 bits per heavy atom. The van der Waals surface area contributed by atoms with Crippen LogP contribution in [0.3, 0.4) is 0 Å². The first-order chi connectivity index (χ1) is 10.4. The van der Waals surface area contributed by atoms with Gasteiger partial charge in [-0.25, -0.2) is 0 Å². The summed E-state index contributed by atoms with van der Waals surface area (Å²) in [6, 6.07) is 9.75. The number of benzene rings is 1. The smallest absolute Gasteiger partial charge is 0.341 e. The zero-order chi connectivity index (χ0) is 16.2. The average Bonchev–Trinajstić information content (AvgIpc) is 2.52. The lowest BCUT2D eigenvalue weighted by Gasteiger charge is -2.17. The van der Waals surface area contributed by atoms with Crippen molar-refractivity contribution in [2.24, 2.45) is 0 Å². The molecule has 6 heteroatoms. The first-order valence-corrected chi connectivity index (χ1v) is 6.70. The highest BCUT2D eigenvalue weighted by molar-refractivity contribution is 5.94. The van der Waals surface area contributed by atoms with E-state index in [1.54, 1.807) is 19.3 Å². The molecule has 0 aliphatic carbocycles. The molecular weight excluding hydrogens is 293 g/mol. The number of pyridine rings is 1. The van der Waals surface area contributed by atoms with Gasteiger partial charge >= 0.3 is 6.18 Å². The van der Waals surface area contributed by atoms with Crippen molar-refractivity contribution >= 4 is 5.91 Å². The van der Waals surface area contributed by atoms with E-state index in [0.29, 0.717) is 13.0 Å². The van der Waals surface area contributed by atoms with E-state index in [1.165, 1.54) is 17.0 Å². The number of hydrogen-bond acceptors (Lipinski definition) is 2. The first-order valence-electron chi connectivity index (χ1n) is 6.70. The number of rotatable bonds is 4. The second-order valence-corrected chi connectivity index (χ2v) is 4.87. The van der Waals surface area contributed by atoms with E-state index in [1.807, 2.05) is 12.1 Å². The van der Waals surface area contributed by atoms with Crippen LogP contribution < -0.4 is 0 Å². The Labute approximate surface area is 126 Å². The standard InChI is InChI=1S/C16H15F3N2O/c1-21(11-9-14-4-2-3-10-20-14)15(22)12-5-7-13(8-6-12)16(17,18)19/h2-8,10H,9,11H2,1H3. The number of likely N-dealkylation sites (N-methyl/N-ethyl adjacent to an activating group) is 1. The fourth-order valence-electron chi connectivity index (χ4n) is 1.95. The number of alkyl halides is 3. The van der Waals surface area contributed by atoms with Crippen LogP contribution in [0.5, 0.6) is 0 Å². The molecule has 0 aliphatic heterocycles. The van der Waals surface area contributed by atoms with E-state index in [4.69, 9.17) is 0 Å². The fraction of sp³-hybridized carbons (Fsp3) is 0.250. The van der Waals surface area contributed by atoms with Crippen LogP contribution in [-0.4, -0.2) is 29.4 Å². The van der Waals surface area contributed by atoms with Gasteiger partial charge in [0.1, 0.15) is 0 Å². The second-order valence-electron chi connectivity index (χ2n) is 4.87. The van der Waals surface area contributed by atoms with Crippen LogP contribution in [0.25, 0.3) is 0 Å². The van der Waals surface area contributed by atoms with E-state index in [0.717, 1.165) is 17.8 Å². The van der Waals surface area contributed by atoms with Crippen molar-refractivity contribution in [1.29, 1.82) is 0 Å². The molecule has 116 valence electrons. The van der Waals surface area contributed by atoms with Crippen LogP contribution in [0, 0.1) is 0 Å². The van der Waals surface area contributed by atoms with Crippen molar-refractivity contribution in [3.05, 3.63) is 65.5 Å². The van der Waals surface area contributed by atoms with Gasteiger partial charge in [0, 0.05) is 37.5 Å². The summed E-state index contributed by atoms with van der Waals surface area (Å²) in [4.78, 5) is 17.8. The monoisotopic (exact) mass is 308 g/mol. The van der Waals surface area contributed by atoms with Gasteiger partial charge in [0.2, 0.25) is 0 Å². The van der Waals surface area contributed by atoms with Crippen LogP contribution >= 0.6 is 0 Å². The number of amides is 1. The average molecular weight is 308 g/mol. The molecule has 22 heavy (non-hydrogen) atoms. The minimum atomic E-state index is -4.40. The molecule has 0 atom stereocenters. The summed E-state index contributed by atoms with van der Waals surface area (Å²) in [7, 11) is 1.61. The molecule has 2 rings (SSSR count). The lowest BCUT2D eigenvalue weighted by atomic mass is 10.1. The highest BCUT2D eigenvalue weighted by Crippen LogP contribution is 2.29. The van der Waals surface area contributed by atoms with Gasteiger partial charge in [-0.3, -0.25) is 9.78 Å². The third kappa shape index (κ3) is 4.07. The molecule has 0 spiro atoms. The number of aromatic nitrogens is 1. The van der Waals surface area contributed by atoms with Crippen LogP contribution in [-0.2, 0) is 12.6 Å².